The van der Waals surface area contributed by atoms with Gasteiger partial charge in [0.15, 0.2) is 0 Å². The lowest BCUT2D eigenvalue weighted by molar-refractivity contribution is -0.0882. The fourth-order valence-corrected chi connectivity index (χ4v) is 5.09. The van der Waals surface area contributed by atoms with Crippen molar-refractivity contribution in [2.45, 2.75) is 43.9 Å². The maximum Gasteiger partial charge on any atom is 0.251 e. The summed E-state index contributed by atoms with van der Waals surface area (Å²) >= 11 is 1.51. The van der Waals surface area contributed by atoms with E-state index in [-0.39, 0.29) is 11.7 Å². The SMILES string of the molecule is C=Cc1ccc(-c2cccnc2C#N)cn1.CC1NSC2CC(F)(F)C(C)CC12. The van der Waals surface area contributed by atoms with Crippen LogP contribution < -0.4 is 4.72 Å². The van der Waals surface area contributed by atoms with Crippen LogP contribution in [0.3, 0.4) is 0 Å². The molecule has 4 atom stereocenters. The van der Waals surface area contributed by atoms with Crippen LogP contribution in [0.2, 0.25) is 0 Å². The number of nitrogens with one attached hydrogen (secondary N) is 1. The molecule has 1 N–H and O–H groups in total. The molecular formula is C22H24F2N4S. The van der Waals surface area contributed by atoms with Crippen molar-refractivity contribution in [3.8, 4) is 17.2 Å². The molecule has 3 heterocycles. The zero-order chi connectivity index (χ0) is 21.0. The standard InChI is InChI=1S/C13H9N3.C9H15F2NS/c1-2-11-6-5-10(9-16-11)12-4-3-7-15-13(12)8-14;1-5-3-7-6(2)12-13-8(7)4-9(5,10)11/h2-7,9H,1H2;5-8,12H,3-4H2,1-2H3. The highest BCUT2D eigenvalue weighted by molar-refractivity contribution is 7.98. The van der Waals surface area contributed by atoms with Gasteiger partial charge in [0.1, 0.15) is 11.8 Å². The van der Waals surface area contributed by atoms with E-state index in [1.807, 2.05) is 18.2 Å². The summed E-state index contributed by atoms with van der Waals surface area (Å²) in [7, 11) is 0. The van der Waals surface area contributed by atoms with Crippen LogP contribution in [-0.4, -0.2) is 27.2 Å². The number of alkyl halides is 2. The lowest BCUT2D eigenvalue weighted by Gasteiger charge is -2.36. The van der Waals surface area contributed by atoms with Gasteiger partial charge in [-0.25, -0.2) is 13.8 Å². The zero-order valence-corrected chi connectivity index (χ0v) is 17.3. The van der Waals surface area contributed by atoms with Crippen molar-refractivity contribution in [1.29, 1.82) is 5.26 Å². The van der Waals surface area contributed by atoms with E-state index in [0.717, 1.165) is 16.8 Å². The molecular weight excluding hydrogens is 390 g/mol. The van der Waals surface area contributed by atoms with Crippen molar-refractivity contribution in [2.75, 3.05) is 0 Å². The first-order valence-electron chi connectivity index (χ1n) is 9.58. The first kappa shape index (κ1) is 21.4. The van der Waals surface area contributed by atoms with Gasteiger partial charge in [-0.05, 0) is 43.5 Å². The third-order valence-electron chi connectivity index (χ3n) is 5.57. The monoisotopic (exact) mass is 414 g/mol. The molecule has 0 bridgehead atoms. The maximum absolute atomic E-state index is 13.3. The second-order valence-corrected chi connectivity index (χ2v) is 8.59. The molecule has 1 saturated carbocycles. The van der Waals surface area contributed by atoms with E-state index in [1.54, 1.807) is 31.5 Å². The summed E-state index contributed by atoms with van der Waals surface area (Å²) < 4.78 is 29.8. The molecule has 2 fully saturated rings. The van der Waals surface area contributed by atoms with Gasteiger partial charge in [-0.15, -0.1) is 0 Å². The Morgan fingerprint density at radius 2 is 2.10 bits per heavy atom. The minimum atomic E-state index is -2.44. The Hall–Kier alpha value is -2.30. The first-order valence-corrected chi connectivity index (χ1v) is 10.5. The number of hydrogen-bond donors (Lipinski definition) is 1. The normalized spacial score (nSPS) is 27.1. The number of aromatic nitrogens is 2. The summed E-state index contributed by atoms with van der Waals surface area (Å²) in [6, 6.07) is 9.88. The van der Waals surface area contributed by atoms with Crippen molar-refractivity contribution in [1.82, 2.24) is 14.7 Å². The van der Waals surface area contributed by atoms with Gasteiger partial charge in [0.05, 0.1) is 5.69 Å². The van der Waals surface area contributed by atoms with E-state index in [9.17, 15) is 8.78 Å². The van der Waals surface area contributed by atoms with Crippen molar-refractivity contribution < 1.29 is 8.78 Å². The van der Waals surface area contributed by atoms with Gasteiger partial charge in [0, 0.05) is 47.2 Å². The van der Waals surface area contributed by atoms with Gasteiger partial charge < -0.3 is 0 Å². The minimum absolute atomic E-state index is 0.0564. The molecule has 152 valence electrons. The predicted molar refractivity (Wildman–Crippen MR) is 113 cm³/mol. The Morgan fingerprint density at radius 3 is 2.76 bits per heavy atom. The number of hydrogen-bond acceptors (Lipinski definition) is 5. The maximum atomic E-state index is 13.3. The van der Waals surface area contributed by atoms with Gasteiger partial charge in [-0.3, -0.25) is 9.71 Å². The van der Waals surface area contributed by atoms with Crippen molar-refractivity contribution in [3.05, 3.63) is 54.6 Å². The number of nitriles is 1. The molecule has 29 heavy (non-hydrogen) atoms. The van der Waals surface area contributed by atoms with Crippen LogP contribution in [0.4, 0.5) is 8.78 Å². The number of pyridine rings is 2. The average molecular weight is 415 g/mol. The Morgan fingerprint density at radius 1 is 1.31 bits per heavy atom. The quantitative estimate of drug-likeness (QED) is 0.673. The largest absolute Gasteiger partial charge is 0.261 e. The van der Waals surface area contributed by atoms with Gasteiger partial charge >= 0.3 is 0 Å². The average Bonchev–Trinajstić information content (AvgIpc) is 3.07. The second-order valence-electron chi connectivity index (χ2n) is 7.52. The molecule has 0 aromatic carbocycles. The Bertz CT molecular complexity index is 894. The number of halogens is 2. The van der Waals surface area contributed by atoms with E-state index in [4.69, 9.17) is 5.26 Å². The van der Waals surface area contributed by atoms with Crippen molar-refractivity contribution in [3.63, 3.8) is 0 Å². The van der Waals surface area contributed by atoms with Crippen molar-refractivity contribution in [2.24, 2.45) is 11.8 Å². The minimum Gasteiger partial charge on any atom is -0.261 e. The lowest BCUT2D eigenvalue weighted by atomic mass is 9.76. The molecule has 0 spiro atoms. The summed E-state index contributed by atoms with van der Waals surface area (Å²) in [5, 5.41) is 9.06. The fourth-order valence-electron chi connectivity index (χ4n) is 3.70. The first-order chi connectivity index (χ1) is 13.9. The van der Waals surface area contributed by atoms with E-state index in [0.29, 0.717) is 24.1 Å². The summed E-state index contributed by atoms with van der Waals surface area (Å²) in [6.07, 6.45) is 5.72. The van der Waals surface area contributed by atoms with Gasteiger partial charge in [0.25, 0.3) is 5.92 Å². The molecule has 1 saturated heterocycles. The van der Waals surface area contributed by atoms with Gasteiger partial charge in [0.2, 0.25) is 0 Å². The fraction of sp³-hybridized carbons (Fsp3) is 0.409. The molecule has 2 aromatic rings. The van der Waals surface area contributed by atoms with Crippen molar-refractivity contribution >= 4 is 18.0 Å². The van der Waals surface area contributed by atoms with Crippen LogP contribution in [0.15, 0.2) is 43.2 Å². The summed E-state index contributed by atoms with van der Waals surface area (Å²) in [6.45, 7) is 7.40. The van der Waals surface area contributed by atoms with Crippen LogP contribution in [0.5, 0.6) is 0 Å². The molecule has 4 rings (SSSR count). The van der Waals surface area contributed by atoms with Crippen LogP contribution >= 0.6 is 11.9 Å². The van der Waals surface area contributed by atoms with E-state index in [1.165, 1.54) is 11.9 Å². The highest BCUT2D eigenvalue weighted by Gasteiger charge is 2.50. The molecule has 2 aromatic heterocycles. The van der Waals surface area contributed by atoms with Gasteiger partial charge in [-0.2, -0.15) is 5.26 Å². The highest BCUT2D eigenvalue weighted by Crippen LogP contribution is 2.48. The predicted octanol–water partition coefficient (Wildman–Crippen LogP) is 5.33. The summed E-state index contributed by atoms with van der Waals surface area (Å²) in [4.78, 5) is 8.20. The Balaban J connectivity index is 0.000000169. The molecule has 7 heteroatoms. The molecule has 4 nitrogen and oxygen atoms in total. The third-order valence-corrected chi connectivity index (χ3v) is 6.89. The van der Waals surface area contributed by atoms with E-state index >= 15 is 0 Å². The molecule has 4 unspecified atom stereocenters. The van der Waals surface area contributed by atoms with Crippen LogP contribution in [0.1, 0.15) is 38.1 Å². The molecule has 2 aliphatic rings. The smallest absolute Gasteiger partial charge is 0.251 e. The van der Waals surface area contributed by atoms with Crippen LogP contribution in [0.25, 0.3) is 17.2 Å². The lowest BCUT2D eigenvalue weighted by Crippen LogP contribution is -2.41. The second kappa shape index (κ2) is 9.02. The topological polar surface area (TPSA) is 61.6 Å². The zero-order valence-electron chi connectivity index (χ0n) is 16.5. The van der Waals surface area contributed by atoms with E-state index in [2.05, 4.69) is 34.3 Å². The van der Waals surface area contributed by atoms with Crippen LogP contribution in [0, 0.1) is 23.2 Å². The molecule has 1 aliphatic heterocycles. The number of nitrogens with zero attached hydrogens (tertiary/aromatic N) is 3. The molecule has 1 aliphatic carbocycles. The number of rotatable bonds is 2. The molecule has 0 radical (unpaired) electrons. The Kier molecular flexibility index (Phi) is 6.66. The Labute approximate surface area is 174 Å². The molecule has 0 amide bonds. The van der Waals surface area contributed by atoms with Crippen LogP contribution in [-0.2, 0) is 0 Å². The summed E-state index contributed by atoms with van der Waals surface area (Å²) in [5.74, 6) is -2.45. The highest BCUT2D eigenvalue weighted by atomic mass is 32.2. The third kappa shape index (κ3) is 4.82. The van der Waals surface area contributed by atoms with Gasteiger partial charge in [-0.1, -0.05) is 31.5 Å². The number of fused-ring (bicyclic) bond motifs is 1. The summed E-state index contributed by atoms with van der Waals surface area (Å²) in [5.41, 5.74) is 2.91. The van der Waals surface area contributed by atoms with E-state index < -0.39 is 11.8 Å².